The van der Waals surface area contributed by atoms with Gasteiger partial charge in [-0.15, -0.1) is 0 Å². The van der Waals surface area contributed by atoms with E-state index in [0.717, 1.165) is 24.2 Å². The fraction of sp³-hybridized carbons (Fsp3) is 0.571. The molecule has 1 aliphatic rings. The molecule has 1 aromatic carbocycles. The highest BCUT2D eigenvalue weighted by atomic mass is 32.2. The fourth-order valence-electron chi connectivity index (χ4n) is 2.19. The Kier molecular flexibility index (Phi) is 4.47. The molecular weight excluding hydrogens is 262 g/mol. The number of nitrogens with zero attached hydrogens (tertiary/aromatic N) is 1. The summed E-state index contributed by atoms with van der Waals surface area (Å²) < 4.78 is 31.5. The van der Waals surface area contributed by atoms with E-state index in [1.807, 2.05) is 31.2 Å². The van der Waals surface area contributed by atoms with E-state index in [9.17, 15) is 8.42 Å². The molecule has 0 unspecified atom stereocenters. The Hall–Kier alpha value is -1.07. The summed E-state index contributed by atoms with van der Waals surface area (Å²) in [5.74, 6) is 0.971. The lowest BCUT2D eigenvalue weighted by molar-refractivity contribution is 0.374. The van der Waals surface area contributed by atoms with Gasteiger partial charge in [0.2, 0.25) is 10.0 Å². The Morgan fingerprint density at radius 3 is 2.58 bits per heavy atom. The van der Waals surface area contributed by atoms with Crippen LogP contribution in [0.1, 0.15) is 31.7 Å². The monoisotopic (exact) mass is 283 g/mol. The molecule has 0 aliphatic heterocycles. The third-order valence-corrected chi connectivity index (χ3v) is 5.36. The van der Waals surface area contributed by atoms with Crippen molar-refractivity contribution < 1.29 is 13.2 Å². The van der Waals surface area contributed by atoms with Gasteiger partial charge in [0.1, 0.15) is 5.75 Å². The van der Waals surface area contributed by atoms with Crippen molar-refractivity contribution in [2.75, 3.05) is 12.9 Å². The Balaban J connectivity index is 2.22. The Bertz CT molecular complexity index is 523. The van der Waals surface area contributed by atoms with Gasteiger partial charge in [-0.2, -0.15) is 4.31 Å². The van der Waals surface area contributed by atoms with E-state index < -0.39 is 10.0 Å². The van der Waals surface area contributed by atoms with Gasteiger partial charge in [0, 0.05) is 18.2 Å². The molecule has 0 saturated heterocycles. The molecule has 1 aliphatic carbocycles. The second kappa shape index (κ2) is 5.92. The van der Waals surface area contributed by atoms with Crippen LogP contribution in [0.2, 0.25) is 0 Å². The van der Waals surface area contributed by atoms with Crippen LogP contribution in [0.15, 0.2) is 24.3 Å². The molecule has 0 spiro atoms. The van der Waals surface area contributed by atoms with Gasteiger partial charge >= 0.3 is 0 Å². The molecule has 0 aromatic heterocycles. The number of para-hydroxylation sites is 1. The second-order valence-corrected chi connectivity index (χ2v) is 6.95. The zero-order chi connectivity index (χ0) is 13.9. The van der Waals surface area contributed by atoms with E-state index in [1.165, 1.54) is 0 Å². The van der Waals surface area contributed by atoms with Crippen molar-refractivity contribution in [3.63, 3.8) is 0 Å². The molecule has 0 radical (unpaired) electrons. The smallest absolute Gasteiger partial charge is 0.214 e. The summed E-state index contributed by atoms with van der Waals surface area (Å²) >= 11 is 0. The van der Waals surface area contributed by atoms with Crippen LogP contribution in [0.3, 0.4) is 0 Å². The summed E-state index contributed by atoms with van der Waals surface area (Å²) in [5, 5.41) is 0. The minimum atomic E-state index is -3.15. The third-order valence-electron chi connectivity index (χ3n) is 3.29. The van der Waals surface area contributed by atoms with Gasteiger partial charge in [0.25, 0.3) is 0 Å². The number of benzene rings is 1. The van der Waals surface area contributed by atoms with Gasteiger partial charge in [-0.25, -0.2) is 8.42 Å². The molecule has 1 aromatic rings. The lowest BCUT2D eigenvalue weighted by Gasteiger charge is -2.22. The highest BCUT2D eigenvalue weighted by Gasteiger charge is 2.36. The quantitative estimate of drug-likeness (QED) is 0.772. The molecule has 2 rings (SSSR count). The third kappa shape index (κ3) is 3.48. The maximum Gasteiger partial charge on any atom is 0.214 e. The van der Waals surface area contributed by atoms with Gasteiger partial charge in [0.15, 0.2) is 0 Å². The molecule has 0 heterocycles. The average Bonchev–Trinajstić information content (AvgIpc) is 3.20. The summed E-state index contributed by atoms with van der Waals surface area (Å²) in [6.07, 6.45) is 2.59. The molecule has 0 amide bonds. The first-order valence-electron chi connectivity index (χ1n) is 6.70. The van der Waals surface area contributed by atoms with Crippen molar-refractivity contribution >= 4 is 10.0 Å². The van der Waals surface area contributed by atoms with E-state index in [4.69, 9.17) is 4.74 Å². The van der Waals surface area contributed by atoms with Crippen molar-refractivity contribution in [2.45, 2.75) is 38.8 Å². The molecule has 1 saturated carbocycles. The van der Waals surface area contributed by atoms with Crippen LogP contribution < -0.4 is 4.74 Å². The van der Waals surface area contributed by atoms with Gasteiger partial charge in [0.05, 0.1) is 12.9 Å². The predicted octanol–water partition coefficient (Wildman–Crippen LogP) is 2.40. The minimum absolute atomic E-state index is 0.182. The van der Waals surface area contributed by atoms with Crippen molar-refractivity contribution in [2.24, 2.45) is 0 Å². The fourth-order valence-corrected chi connectivity index (χ4v) is 3.95. The average molecular weight is 283 g/mol. The van der Waals surface area contributed by atoms with Gasteiger partial charge in [-0.1, -0.05) is 25.1 Å². The standard InChI is InChI=1S/C14H21NO3S/c1-3-10-19(16,17)15(13-8-9-13)11-12-6-4-5-7-14(12)18-2/h4-7,13H,3,8-11H2,1-2H3. The topological polar surface area (TPSA) is 46.6 Å². The largest absolute Gasteiger partial charge is 0.496 e. The maximum atomic E-state index is 12.3. The SMILES string of the molecule is CCCS(=O)(=O)N(Cc1ccccc1OC)C1CC1. The normalized spacial score (nSPS) is 15.7. The number of sulfonamides is 1. The summed E-state index contributed by atoms with van der Waals surface area (Å²) in [4.78, 5) is 0. The molecule has 0 atom stereocenters. The number of hydrogen-bond donors (Lipinski definition) is 0. The van der Waals surface area contributed by atoms with Crippen LogP contribution in [0, 0.1) is 0 Å². The van der Waals surface area contributed by atoms with Crippen molar-refractivity contribution in [1.82, 2.24) is 4.31 Å². The van der Waals surface area contributed by atoms with Crippen LogP contribution in [0.25, 0.3) is 0 Å². The molecule has 1 fully saturated rings. The Morgan fingerprint density at radius 2 is 2.00 bits per heavy atom. The van der Waals surface area contributed by atoms with Gasteiger partial charge < -0.3 is 4.74 Å². The summed E-state index contributed by atoms with van der Waals surface area (Å²) in [6, 6.07) is 7.78. The molecule has 4 nitrogen and oxygen atoms in total. The first-order chi connectivity index (χ1) is 9.08. The highest BCUT2D eigenvalue weighted by molar-refractivity contribution is 7.89. The summed E-state index contributed by atoms with van der Waals surface area (Å²) in [5.41, 5.74) is 0.927. The molecule has 5 heteroatoms. The molecule has 0 bridgehead atoms. The van der Waals surface area contributed by atoms with Crippen LogP contribution in [-0.2, 0) is 16.6 Å². The maximum absolute atomic E-state index is 12.3. The lowest BCUT2D eigenvalue weighted by Crippen LogP contribution is -2.34. The van der Waals surface area contributed by atoms with Crippen molar-refractivity contribution in [3.8, 4) is 5.75 Å². The van der Waals surface area contributed by atoms with Crippen LogP contribution in [0.4, 0.5) is 0 Å². The van der Waals surface area contributed by atoms with E-state index in [0.29, 0.717) is 13.0 Å². The van der Waals surface area contributed by atoms with E-state index in [2.05, 4.69) is 0 Å². The van der Waals surface area contributed by atoms with Crippen LogP contribution >= 0.6 is 0 Å². The number of methoxy groups -OCH3 is 1. The summed E-state index contributed by atoms with van der Waals surface area (Å²) in [7, 11) is -1.54. The summed E-state index contributed by atoms with van der Waals surface area (Å²) in [6.45, 7) is 2.31. The number of rotatable bonds is 7. The van der Waals surface area contributed by atoms with Crippen molar-refractivity contribution in [1.29, 1.82) is 0 Å². The zero-order valence-corrected chi connectivity index (χ0v) is 12.3. The van der Waals surface area contributed by atoms with Crippen molar-refractivity contribution in [3.05, 3.63) is 29.8 Å². The van der Waals surface area contributed by atoms with Gasteiger partial charge in [-0.3, -0.25) is 0 Å². The first kappa shape index (κ1) is 14.3. The number of hydrogen-bond acceptors (Lipinski definition) is 3. The molecule has 106 valence electrons. The molecular formula is C14H21NO3S. The molecule has 0 N–H and O–H groups in total. The van der Waals surface area contributed by atoms with E-state index in [-0.39, 0.29) is 11.8 Å². The van der Waals surface area contributed by atoms with Crippen LogP contribution in [-0.4, -0.2) is 31.6 Å². The number of ether oxygens (including phenoxy) is 1. The van der Waals surface area contributed by atoms with Gasteiger partial charge in [-0.05, 0) is 25.3 Å². The molecule has 19 heavy (non-hydrogen) atoms. The zero-order valence-electron chi connectivity index (χ0n) is 11.5. The second-order valence-electron chi connectivity index (χ2n) is 4.90. The Labute approximate surface area is 115 Å². The van der Waals surface area contributed by atoms with E-state index >= 15 is 0 Å². The first-order valence-corrected chi connectivity index (χ1v) is 8.31. The van der Waals surface area contributed by atoms with E-state index in [1.54, 1.807) is 11.4 Å². The Morgan fingerprint density at radius 1 is 1.32 bits per heavy atom. The minimum Gasteiger partial charge on any atom is -0.496 e. The van der Waals surface area contributed by atoms with Crippen LogP contribution in [0.5, 0.6) is 5.75 Å². The predicted molar refractivity (Wildman–Crippen MR) is 75.6 cm³/mol. The highest BCUT2D eigenvalue weighted by Crippen LogP contribution is 2.32. The lowest BCUT2D eigenvalue weighted by atomic mass is 10.2.